The minimum absolute atomic E-state index is 0.156. The Morgan fingerprint density at radius 1 is 1.35 bits per heavy atom. The summed E-state index contributed by atoms with van der Waals surface area (Å²) in [5.74, 6) is 0.596. The van der Waals surface area contributed by atoms with Crippen LogP contribution in [0.15, 0.2) is 28.8 Å². The van der Waals surface area contributed by atoms with Crippen molar-refractivity contribution in [2.45, 2.75) is 20.0 Å². The normalized spacial score (nSPS) is 18.0. The molecule has 2 aromatic rings. The highest BCUT2D eigenvalue weighted by molar-refractivity contribution is 6.30. The van der Waals surface area contributed by atoms with E-state index in [0.29, 0.717) is 41.9 Å². The largest absolute Gasteiger partial charge is 0.370 e. The summed E-state index contributed by atoms with van der Waals surface area (Å²) in [6.07, 6.45) is -0.156. The third kappa shape index (κ3) is 3.48. The minimum Gasteiger partial charge on any atom is -0.370 e. The zero-order valence-corrected chi connectivity index (χ0v) is 13.8. The maximum absolute atomic E-state index is 12.5. The number of aryl methyl sites for hydroxylation is 2. The van der Waals surface area contributed by atoms with E-state index in [1.807, 2.05) is 24.3 Å². The Labute approximate surface area is 139 Å². The van der Waals surface area contributed by atoms with Crippen LogP contribution in [-0.4, -0.2) is 35.8 Å². The quantitative estimate of drug-likeness (QED) is 0.911. The van der Waals surface area contributed by atoms with Crippen molar-refractivity contribution < 1.29 is 14.1 Å². The third-order valence-electron chi connectivity index (χ3n) is 3.86. The number of anilines is 1. The number of halogens is 1. The standard InChI is InChI=1S/C16H18ClN3O3/c1-10-15(11(2)23-19-10)18-16(21)20-7-8-22-14(9-20)12-3-5-13(17)6-4-12/h3-6,14H,7-9H2,1-2H3,(H,18,21)/t14-/m1/s1. The summed E-state index contributed by atoms with van der Waals surface area (Å²) in [5.41, 5.74) is 2.30. The summed E-state index contributed by atoms with van der Waals surface area (Å²) < 4.78 is 10.8. The van der Waals surface area contributed by atoms with Crippen molar-refractivity contribution in [3.8, 4) is 0 Å². The predicted molar refractivity (Wildman–Crippen MR) is 86.7 cm³/mol. The molecule has 6 nitrogen and oxygen atoms in total. The molecule has 0 aliphatic carbocycles. The van der Waals surface area contributed by atoms with Crippen LogP contribution in [0.5, 0.6) is 0 Å². The number of carbonyl (C=O) groups is 1. The van der Waals surface area contributed by atoms with Gasteiger partial charge < -0.3 is 19.5 Å². The fraction of sp³-hybridized carbons (Fsp3) is 0.375. The number of nitrogens with zero attached hydrogens (tertiary/aromatic N) is 2. The molecule has 1 atom stereocenters. The number of urea groups is 1. The fourth-order valence-corrected chi connectivity index (χ4v) is 2.69. The lowest BCUT2D eigenvalue weighted by atomic mass is 10.1. The molecule has 1 saturated heterocycles. The van der Waals surface area contributed by atoms with Gasteiger partial charge in [-0.15, -0.1) is 0 Å². The Kier molecular flexibility index (Phi) is 4.54. The van der Waals surface area contributed by atoms with Gasteiger partial charge in [-0.25, -0.2) is 4.79 Å². The number of carbonyl (C=O) groups excluding carboxylic acids is 1. The molecule has 1 aromatic heterocycles. The van der Waals surface area contributed by atoms with E-state index in [9.17, 15) is 4.79 Å². The van der Waals surface area contributed by atoms with Gasteiger partial charge in [0.2, 0.25) is 0 Å². The molecule has 0 bridgehead atoms. The van der Waals surface area contributed by atoms with E-state index in [0.717, 1.165) is 5.56 Å². The Morgan fingerprint density at radius 2 is 2.09 bits per heavy atom. The molecule has 2 amide bonds. The molecule has 1 aliphatic rings. The maximum Gasteiger partial charge on any atom is 0.322 e. The summed E-state index contributed by atoms with van der Waals surface area (Å²) in [7, 11) is 0. The van der Waals surface area contributed by atoms with E-state index in [2.05, 4.69) is 10.5 Å². The number of nitrogens with one attached hydrogen (secondary N) is 1. The molecule has 23 heavy (non-hydrogen) atoms. The molecule has 1 aliphatic heterocycles. The monoisotopic (exact) mass is 335 g/mol. The van der Waals surface area contributed by atoms with Crippen molar-refractivity contribution in [3.05, 3.63) is 46.3 Å². The van der Waals surface area contributed by atoms with Crippen molar-refractivity contribution in [2.75, 3.05) is 25.0 Å². The lowest BCUT2D eigenvalue weighted by Gasteiger charge is -2.33. The SMILES string of the molecule is Cc1noc(C)c1NC(=O)N1CCO[C@@H](c2ccc(Cl)cc2)C1. The van der Waals surface area contributed by atoms with Gasteiger partial charge >= 0.3 is 6.03 Å². The van der Waals surface area contributed by atoms with Crippen molar-refractivity contribution in [1.82, 2.24) is 10.1 Å². The van der Waals surface area contributed by atoms with Crippen molar-refractivity contribution in [2.24, 2.45) is 0 Å². The van der Waals surface area contributed by atoms with Gasteiger partial charge in [-0.1, -0.05) is 28.9 Å². The first kappa shape index (κ1) is 15.8. The van der Waals surface area contributed by atoms with Crippen LogP contribution in [0.2, 0.25) is 5.02 Å². The number of hydrogen-bond acceptors (Lipinski definition) is 4. The molecule has 1 aromatic carbocycles. The molecule has 1 fully saturated rings. The van der Waals surface area contributed by atoms with Gasteiger partial charge in [0.25, 0.3) is 0 Å². The van der Waals surface area contributed by atoms with Crippen molar-refractivity contribution >= 4 is 23.3 Å². The van der Waals surface area contributed by atoms with Crippen molar-refractivity contribution in [3.63, 3.8) is 0 Å². The van der Waals surface area contributed by atoms with E-state index in [4.69, 9.17) is 20.9 Å². The second-order valence-electron chi connectivity index (χ2n) is 5.49. The van der Waals surface area contributed by atoms with E-state index >= 15 is 0 Å². The highest BCUT2D eigenvalue weighted by atomic mass is 35.5. The van der Waals surface area contributed by atoms with E-state index in [1.54, 1.807) is 18.7 Å². The topological polar surface area (TPSA) is 67.6 Å². The predicted octanol–water partition coefficient (Wildman–Crippen LogP) is 3.55. The molecule has 2 heterocycles. The summed E-state index contributed by atoms with van der Waals surface area (Å²) in [6.45, 7) is 5.08. The Balaban J connectivity index is 1.68. The first-order valence-electron chi connectivity index (χ1n) is 7.40. The highest BCUT2D eigenvalue weighted by Gasteiger charge is 2.26. The summed E-state index contributed by atoms with van der Waals surface area (Å²) in [4.78, 5) is 14.2. The average molecular weight is 336 g/mol. The molecule has 0 spiro atoms. The molecule has 122 valence electrons. The summed E-state index contributed by atoms with van der Waals surface area (Å²) in [6, 6.07) is 7.30. The first-order chi connectivity index (χ1) is 11.0. The number of ether oxygens (including phenoxy) is 1. The van der Waals surface area contributed by atoms with Crippen LogP contribution in [0.4, 0.5) is 10.5 Å². The van der Waals surface area contributed by atoms with Crippen LogP contribution < -0.4 is 5.32 Å². The zero-order valence-electron chi connectivity index (χ0n) is 13.0. The molecule has 1 N–H and O–H groups in total. The Bertz CT molecular complexity index is 680. The van der Waals surface area contributed by atoms with Crippen LogP contribution in [0.1, 0.15) is 23.1 Å². The number of morpholine rings is 1. The van der Waals surface area contributed by atoms with Gasteiger partial charge in [-0.05, 0) is 31.5 Å². The fourth-order valence-electron chi connectivity index (χ4n) is 2.56. The number of hydrogen-bond donors (Lipinski definition) is 1. The van der Waals surface area contributed by atoms with E-state index < -0.39 is 0 Å². The molecule has 3 rings (SSSR count). The number of aromatic nitrogens is 1. The Morgan fingerprint density at radius 3 is 2.74 bits per heavy atom. The van der Waals surface area contributed by atoms with Crippen LogP contribution in [0, 0.1) is 13.8 Å². The molecule has 0 saturated carbocycles. The molecular weight excluding hydrogens is 318 g/mol. The lowest BCUT2D eigenvalue weighted by molar-refractivity contribution is -0.0135. The van der Waals surface area contributed by atoms with Crippen LogP contribution >= 0.6 is 11.6 Å². The van der Waals surface area contributed by atoms with Crippen molar-refractivity contribution in [1.29, 1.82) is 0 Å². The minimum atomic E-state index is -0.179. The smallest absolute Gasteiger partial charge is 0.322 e. The number of benzene rings is 1. The zero-order chi connectivity index (χ0) is 16.4. The van der Waals surface area contributed by atoms with Gasteiger partial charge in [0.05, 0.1) is 13.2 Å². The molecule has 7 heteroatoms. The van der Waals surface area contributed by atoms with Crippen LogP contribution in [-0.2, 0) is 4.74 Å². The van der Waals surface area contributed by atoms with Crippen LogP contribution in [0.3, 0.4) is 0 Å². The van der Waals surface area contributed by atoms with E-state index in [-0.39, 0.29) is 12.1 Å². The maximum atomic E-state index is 12.5. The van der Waals surface area contributed by atoms with Gasteiger partial charge in [-0.3, -0.25) is 0 Å². The number of rotatable bonds is 2. The van der Waals surface area contributed by atoms with Crippen LogP contribution in [0.25, 0.3) is 0 Å². The second kappa shape index (κ2) is 6.60. The summed E-state index contributed by atoms with van der Waals surface area (Å²) in [5, 5.41) is 7.38. The number of amides is 2. The second-order valence-corrected chi connectivity index (χ2v) is 5.92. The molecule has 0 radical (unpaired) electrons. The molecule has 0 unspecified atom stereocenters. The summed E-state index contributed by atoms with van der Waals surface area (Å²) >= 11 is 5.91. The average Bonchev–Trinajstić information content (AvgIpc) is 2.87. The van der Waals surface area contributed by atoms with Gasteiger partial charge in [0.1, 0.15) is 17.5 Å². The lowest BCUT2D eigenvalue weighted by Crippen LogP contribution is -2.44. The van der Waals surface area contributed by atoms with Gasteiger partial charge in [0, 0.05) is 11.6 Å². The highest BCUT2D eigenvalue weighted by Crippen LogP contribution is 2.25. The Hall–Kier alpha value is -2.05. The van der Waals surface area contributed by atoms with Gasteiger partial charge in [-0.2, -0.15) is 0 Å². The third-order valence-corrected chi connectivity index (χ3v) is 4.11. The van der Waals surface area contributed by atoms with E-state index in [1.165, 1.54) is 0 Å². The first-order valence-corrected chi connectivity index (χ1v) is 7.78. The molecular formula is C16H18ClN3O3. The van der Waals surface area contributed by atoms with Gasteiger partial charge in [0.15, 0.2) is 5.76 Å².